The van der Waals surface area contributed by atoms with Crippen LogP contribution in [-0.2, 0) is 9.53 Å². The van der Waals surface area contributed by atoms with Crippen LogP contribution in [0.1, 0.15) is 16.8 Å². The van der Waals surface area contributed by atoms with Crippen molar-refractivity contribution in [2.75, 3.05) is 13.2 Å². The fraction of sp³-hybridized carbons (Fsp3) is 0.263. The normalized spacial score (nSPS) is 18.9. The van der Waals surface area contributed by atoms with Gasteiger partial charge in [0.15, 0.2) is 12.4 Å². The van der Waals surface area contributed by atoms with E-state index in [4.69, 9.17) is 15.1 Å². The van der Waals surface area contributed by atoms with Gasteiger partial charge < -0.3 is 9.84 Å². The molecule has 1 N–H and O–H groups in total. The van der Waals surface area contributed by atoms with E-state index in [0.29, 0.717) is 5.56 Å². The van der Waals surface area contributed by atoms with Crippen molar-refractivity contribution < 1.29 is 24.2 Å². The first kappa shape index (κ1) is 18.9. The van der Waals surface area contributed by atoms with Gasteiger partial charge >= 0.3 is 12.1 Å². The average molecular weight is 431 g/mol. The number of hydrogen-bond acceptors (Lipinski definition) is 5. The Hall–Kier alpha value is -2.92. The number of Topliss-reactive ketones (excluding diaryl/α,β-unsaturated/α-hetero) is 1. The molecule has 2 atom stereocenters. The molecule has 8 heteroatoms. The van der Waals surface area contributed by atoms with Crippen molar-refractivity contribution in [1.82, 2.24) is 4.90 Å². The highest BCUT2D eigenvalue weighted by Gasteiger charge is 2.41. The van der Waals surface area contributed by atoms with Gasteiger partial charge in [-0.15, -0.1) is 0 Å². The van der Waals surface area contributed by atoms with E-state index in [9.17, 15) is 14.4 Å². The van der Waals surface area contributed by atoms with Crippen molar-refractivity contribution in [2.45, 2.75) is 12.5 Å². The molecule has 27 heavy (non-hydrogen) atoms. The van der Waals surface area contributed by atoms with E-state index < -0.39 is 30.6 Å². The van der Waals surface area contributed by atoms with Crippen LogP contribution in [-0.4, -0.2) is 47.0 Å². The maximum Gasteiger partial charge on any atom is 0.408 e. The Balaban J connectivity index is 1.66. The first-order valence-electron chi connectivity index (χ1n) is 8.17. The molecule has 2 aromatic carbocycles. The minimum Gasteiger partial charge on any atom is -0.465 e. The minimum atomic E-state index is -1.29. The Morgan fingerprint density at radius 3 is 2.63 bits per heavy atom. The number of hydrogen-bond donors (Lipinski definition) is 1. The number of halogens is 1. The van der Waals surface area contributed by atoms with Gasteiger partial charge in [0.05, 0.1) is 12.0 Å². The maximum atomic E-state index is 12.3. The summed E-state index contributed by atoms with van der Waals surface area (Å²) in [7, 11) is 0. The molecule has 0 aliphatic carbocycles. The number of carbonyl (C=O) groups is 3. The van der Waals surface area contributed by atoms with Crippen LogP contribution in [0.2, 0.25) is 0 Å². The van der Waals surface area contributed by atoms with Crippen LogP contribution in [0, 0.1) is 17.2 Å². The number of nitrogens with zero attached hydrogens (tertiary/aromatic N) is 2. The van der Waals surface area contributed by atoms with Crippen molar-refractivity contribution in [2.24, 2.45) is 5.92 Å². The van der Waals surface area contributed by atoms with Crippen molar-refractivity contribution in [3.63, 3.8) is 0 Å². The Bertz CT molecular complexity index is 968. The molecule has 1 heterocycles. The molecule has 7 nitrogen and oxygen atoms in total. The van der Waals surface area contributed by atoms with Crippen LogP contribution < -0.4 is 0 Å². The number of benzene rings is 2. The molecule has 1 amide bonds. The van der Waals surface area contributed by atoms with E-state index in [2.05, 4.69) is 15.9 Å². The quantitative estimate of drug-likeness (QED) is 0.589. The van der Waals surface area contributed by atoms with Crippen LogP contribution >= 0.6 is 15.9 Å². The zero-order valence-corrected chi connectivity index (χ0v) is 15.7. The number of likely N-dealkylation sites (tertiary alicyclic amines) is 1. The van der Waals surface area contributed by atoms with E-state index in [1.165, 1.54) is 0 Å². The van der Waals surface area contributed by atoms with Crippen LogP contribution in [0.5, 0.6) is 0 Å². The first-order chi connectivity index (χ1) is 12.9. The Morgan fingerprint density at radius 1 is 1.22 bits per heavy atom. The molecule has 2 unspecified atom stereocenters. The third-order valence-electron chi connectivity index (χ3n) is 4.47. The summed E-state index contributed by atoms with van der Waals surface area (Å²) >= 11 is 3.39. The largest absolute Gasteiger partial charge is 0.465 e. The molecule has 0 aromatic heterocycles. The monoisotopic (exact) mass is 430 g/mol. The molecule has 1 fully saturated rings. The molecular formula is C19H15BrN2O5. The number of esters is 1. The van der Waals surface area contributed by atoms with Crippen LogP contribution in [0.25, 0.3) is 10.8 Å². The van der Waals surface area contributed by atoms with E-state index >= 15 is 0 Å². The number of fused-ring (bicyclic) bond motifs is 1. The maximum absolute atomic E-state index is 12.3. The van der Waals surface area contributed by atoms with E-state index in [-0.39, 0.29) is 18.7 Å². The molecule has 3 rings (SSSR count). The van der Waals surface area contributed by atoms with Gasteiger partial charge in [-0.2, -0.15) is 5.26 Å². The summed E-state index contributed by atoms with van der Waals surface area (Å²) in [5, 5.41) is 20.0. The highest BCUT2D eigenvalue weighted by atomic mass is 79.9. The summed E-state index contributed by atoms with van der Waals surface area (Å²) < 4.78 is 5.97. The Labute approximate surface area is 163 Å². The number of carbonyl (C=O) groups excluding carboxylic acids is 2. The SMILES string of the molecule is N#CC1CC(C(=O)OCC(=O)c2ccc3cc(Br)ccc3c2)N(C(=O)O)C1. The first-order valence-corrected chi connectivity index (χ1v) is 8.96. The lowest BCUT2D eigenvalue weighted by molar-refractivity contribution is -0.147. The highest BCUT2D eigenvalue weighted by Crippen LogP contribution is 2.24. The fourth-order valence-corrected chi connectivity index (χ4v) is 3.45. The molecule has 0 saturated carbocycles. The number of ether oxygens (including phenoxy) is 1. The lowest BCUT2D eigenvalue weighted by atomic mass is 10.0. The lowest BCUT2D eigenvalue weighted by Gasteiger charge is -2.19. The van der Waals surface area contributed by atoms with Crippen LogP contribution in [0.3, 0.4) is 0 Å². The van der Waals surface area contributed by atoms with E-state index in [1.807, 2.05) is 24.3 Å². The number of nitriles is 1. The van der Waals surface area contributed by atoms with Gasteiger partial charge in [-0.25, -0.2) is 9.59 Å². The summed E-state index contributed by atoms with van der Waals surface area (Å²) in [5.41, 5.74) is 0.397. The predicted octanol–water partition coefficient (Wildman–Crippen LogP) is 3.22. The summed E-state index contributed by atoms with van der Waals surface area (Å²) in [6.45, 7) is -0.526. The van der Waals surface area contributed by atoms with Crippen LogP contribution in [0.4, 0.5) is 4.79 Å². The molecule has 1 aliphatic heterocycles. The molecule has 0 radical (unpaired) electrons. The summed E-state index contributed by atoms with van der Waals surface area (Å²) in [6, 6.07) is 11.7. The number of carboxylic acid groups (broad SMARTS) is 1. The zero-order chi connectivity index (χ0) is 19.6. The Kier molecular flexibility index (Phi) is 5.42. The second-order valence-corrected chi connectivity index (χ2v) is 7.17. The standard InChI is InChI=1S/C19H15BrN2O5/c20-15-4-3-12-6-14(2-1-13(12)7-15)17(23)10-27-18(24)16-5-11(8-21)9-22(16)19(25)26/h1-4,6-7,11,16H,5,9-10H2,(H,25,26). The summed E-state index contributed by atoms with van der Waals surface area (Å²) in [6.07, 6.45) is -1.22. The average Bonchev–Trinajstić information content (AvgIpc) is 3.10. The third kappa shape index (κ3) is 4.09. The van der Waals surface area contributed by atoms with Gasteiger partial charge in [-0.1, -0.05) is 34.1 Å². The third-order valence-corrected chi connectivity index (χ3v) is 4.96. The predicted molar refractivity (Wildman–Crippen MR) is 99.2 cm³/mol. The molecular weight excluding hydrogens is 416 g/mol. The zero-order valence-electron chi connectivity index (χ0n) is 14.1. The minimum absolute atomic E-state index is 0.0419. The fourth-order valence-electron chi connectivity index (χ4n) is 3.07. The van der Waals surface area contributed by atoms with Crippen LogP contribution in [0.15, 0.2) is 40.9 Å². The van der Waals surface area contributed by atoms with Crippen molar-refractivity contribution in [1.29, 1.82) is 5.26 Å². The summed E-state index contributed by atoms with van der Waals surface area (Å²) in [4.78, 5) is 36.7. The molecule has 0 bridgehead atoms. The van der Waals surface area contributed by atoms with Gasteiger partial charge in [-0.05, 0) is 35.4 Å². The lowest BCUT2D eigenvalue weighted by Crippen LogP contribution is -2.41. The molecule has 0 spiro atoms. The van der Waals surface area contributed by atoms with E-state index in [1.54, 1.807) is 18.2 Å². The number of amides is 1. The van der Waals surface area contributed by atoms with Gasteiger partial charge in [0, 0.05) is 16.6 Å². The molecule has 138 valence electrons. The number of ketones is 1. The van der Waals surface area contributed by atoms with Gasteiger partial charge in [0.1, 0.15) is 6.04 Å². The summed E-state index contributed by atoms with van der Waals surface area (Å²) in [5.74, 6) is -1.76. The second-order valence-electron chi connectivity index (χ2n) is 6.25. The van der Waals surface area contributed by atoms with Gasteiger partial charge in [-0.3, -0.25) is 9.69 Å². The smallest absolute Gasteiger partial charge is 0.408 e. The Morgan fingerprint density at radius 2 is 1.93 bits per heavy atom. The van der Waals surface area contributed by atoms with Crippen molar-refractivity contribution in [3.05, 3.63) is 46.4 Å². The molecule has 1 saturated heterocycles. The highest BCUT2D eigenvalue weighted by molar-refractivity contribution is 9.10. The van der Waals surface area contributed by atoms with Gasteiger partial charge in [0.2, 0.25) is 0 Å². The van der Waals surface area contributed by atoms with Gasteiger partial charge in [0.25, 0.3) is 0 Å². The molecule has 2 aromatic rings. The molecule has 1 aliphatic rings. The topological polar surface area (TPSA) is 108 Å². The second kappa shape index (κ2) is 7.76. The van der Waals surface area contributed by atoms with E-state index in [0.717, 1.165) is 20.1 Å². The number of rotatable bonds is 4. The van der Waals surface area contributed by atoms with Crippen molar-refractivity contribution >= 4 is 44.5 Å². The van der Waals surface area contributed by atoms with Crippen molar-refractivity contribution in [3.8, 4) is 6.07 Å².